The van der Waals surface area contributed by atoms with E-state index in [1.807, 2.05) is 13.8 Å². The number of carbonyl (C=O) groups excluding carboxylic acids is 2. The number of amides is 2. The van der Waals surface area contributed by atoms with E-state index in [9.17, 15) is 19.8 Å². The van der Waals surface area contributed by atoms with Crippen molar-refractivity contribution in [3.05, 3.63) is 16.6 Å². The molecule has 0 spiro atoms. The molecular weight excluding hydrogens is 402 g/mol. The van der Waals surface area contributed by atoms with Crippen LogP contribution in [0.25, 0.3) is 0 Å². The number of hydrogen-bond donors (Lipinski definition) is 4. The molecule has 1 heterocycles. The van der Waals surface area contributed by atoms with Gasteiger partial charge in [-0.2, -0.15) is 0 Å². The Bertz CT molecular complexity index is 676. The molecule has 8 heteroatoms. The molecule has 0 saturated heterocycles. The summed E-state index contributed by atoms with van der Waals surface area (Å²) < 4.78 is 0. The van der Waals surface area contributed by atoms with Crippen molar-refractivity contribution < 1.29 is 19.8 Å². The van der Waals surface area contributed by atoms with Gasteiger partial charge in [-0.25, -0.2) is 4.98 Å². The SMILES string of the molecule is CC(C)C[C@H](O)[C@H](O)[C@@H](CC1CCCCC1)[C@](CC(N)=O)(Cc1nccs1)C(N)=O. The third-order valence-electron chi connectivity index (χ3n) is 6.47. The van der Waals surface area contributed by atoms with Gasteiger partial charge in [-0.05, 0) is 24.7 Å². The van der Waals surface area contributed by atoms with Crippen LogP contribution >= 0.6 is 11.3 Å². The van der Waals surface area contributed by atoms with Crippen LogP contribution in [0, 0.1) is 23.2 Å². The van der Waals surface area contributed by atoms with E-state index in [1.54, 1.807) is 11.6 Å². The Kier molecular flexibility index (Phi) is 9.25. The maximum Gasteiger partial charge on any atom is 0.224 e. The second-order valence-corrected chi connectivity index (χ2v) is 10.3. The second kappa shape index (κ2) is 11.2. The van der Waals surface area contributed by atoms with Crippen molar-refractivity contribution in [2.75, 3.05) is 0 Å². The summed E-state index contributed by atoms with van der Waals surface area (Å²) >= 11 is 1.37. The third-order valence-corrected chi connectivity index (χ3v) is 7.25. The van der Waals surface area contributed by atoms with Gasteiger partial charge in [-0.3, -0.25) is 9.59 Å². The molecule has 0 radical (unpaired) electrons. The summed E-state index contributed by atoms with van der Waals surface area (Å²) in [6.07, 6.45) is 5.62. The molecule has 1 aliphatic rings. The predicted molar refractivity (Wildman–Crippen MR) is 117 cm³/mol. The van der Waals surface area contributed by atoms with Crippen molar-refractivity contribution in [2.24, 2.45) is 34.6 Å². The molecule has 7 nitrogen and oxygen atoms in total. The van der Waals surface area contributed by atoms with E-state index in [2.05, 4.69) is 4.98 Å². The minimum atomic E-state index is -1.39. The fourth-order valence-electron chi connectivity index (χ4n) is 4.97. The van der Waals surface area contributed by atoms with Crippen LogP contribution in [0.1, 0.15) is 70.2 Å². The maximum absolute atomic E-state index is 12.9. The highest BCUT2D eigenvalue weighted by Gasteiger charge is 2.51. The second-order valence-electron chi connectivity index (χ2n) is 9.30. The van der Waals surface area contributed by atoms with Gasteiger partial charge in [0.2, 0.25) is 11.8 Å². The number of rotatable bonds is 12. The summed E-state index contributed by atoms with van der Waals surface area (Å²) in [4.78, 5) is 29.3. The highest BCUT2D eigenvalue weighted by atomic mass is 32.1. The van der Waals surface area contributed by atoms with Crippen molar-refractivity contribution in [2.45, 2.75) is 83.8 Å². The van der Waals surface area contributed by atoms with Crippen LogP contribution in [-0.2, 0) is 16.0 Å². The van der Waals surface area contributed by atoms with Crippen LogP contribution in [0.5, 0.6) is 0 Å². The van der Waals surface area contributed by atoms with Gasteiger partial charge in [0.1, 0.15) is 0 Å². The molecule has 4 atom stereocenters. The van der Waals surface area contributed by atoms with Gasteiger partial charge >= 0.3 is 0 Å². The van der Waals surface area contributed by atoms with Crippen molar-refractivity contribution in [1.82, 2.24) is 4.98 Å². The largest absolute Gasteiger partial charge is 0.390 e. The summed E-state index contributed by atoms with van der Waals surface area (Å²) in [6.45, 7) is 3.93. The van der Waals surface area contributed by atoms with Crippen molar-refractivity contribution in [3.8, 4) is 0 Å². The van der Waals surface area contributed by atoms with Gasteiger partial charge < -0.3 is 21.7 Å². The van der Waals surface area contributed by atoms with E-state index in [0.29, 0.717) is 23.8 Å². The molecule has 170 valence electrons. The summed E-state index contributed by atoms with van der Waals surface area (Å²) in [6, 6.07) is 0. The Hall–Kier alpha value is -1.51. The monoisotopic (exact) mass is 439 g/mol. The first-order chi connectivity index (χ1) is 14.2. The number of primary amides is 2. The van der Waals surface area contributed by atoms with Gasteiger partial charge in [-0.1, -0.05) is 46.0 Å². The lowest BCUT2D eigenvalue weighted by Crippen LogP contribution is -2.54. The zero-order valence-corrected chi connectivity index (χ0v) is 18.9. The molecule has 6 N–H and O–H groups in total. The van der Waals surface area contributed by atoms with E-state index in [0.717, 1.165) is 25.7 Å². The molecule has 0 aliphatic heterocycles. The summed E-state index contributed by atoms with van der Waals surface area (Å²) in [5.41, 5.74) is 10.1. The Labute approximate surface area is 183 Å². The van der Waals surface area contributed by atoms with Crippen molar-refractivity contribution in [3.63, 3.8) is 0 Å². The molecule has 1 fully saturated rings. The van der Waals surface area contributed by atoms with Crippen molar-refractivity contribution >= 4 is 23.2 Å². The number of hydrogen-bond acceptors (Lipinski definition) is 6. The first-order valence-corrected chi connectivity index (χ1v) is 11.9. The minimum Gasteiger partial charge on any atom is -0.390 e. The fourth-order valence-corrected chi connectivity index (χ4v) is 5.71. The third kappa shape index (κ3) is 6.49. The van der Waals surface area contributed by atoms with E-state index in [1.165, 1.54) is 17.8 Å². The molecule has 2 amide bonds. The Morgan fingerprint density at radius 2 is 1.90 bits per heavy atom. The zero-order chi connectivity index (χ0) is 22.3. The quantitative estimate of drug-likeness (QED) is 0.396. The average molecular weight is 440 g/mol. The lowest BCUT2D eigenvalue weighted by atomic mass is 9.62. The highest BCUT2D eigenvalue weighted by Crippen LogP contribution is 2.45. The molecule has 30 heavy (non-hydrogen) atoms. The lowest BCUT2D eigenvalue weighted by Gasteiger charge is -2.43. The van der Waals surface area contributed by atoms with Gasteiger partial charge in [0.15, 0.2) is 0 Å². The Balaban J connectivity index is 2.47. The van der Waals surface area contributed by atoms with Crippen LogP contribution in [0.3, 0.4) is 0 Å². The fraction of sp³-hybridized carbons (Fsp3) is 0.773. The maximum atomic E-state index is 12.9. The van der Waals surface area contributed by atoms with Crippen molar-refractivity contribution in [1.29, 1.82) is 0 Å². The van der Waals surface area contributed by atoms with E-state index in [4.69, 9.17) is 11.5 Å². The minimum absolute atomic E-state index is 0.131. The number of nitrogens with two attached hydrogens (primary N) is 2. The summed E-state index contributed by atoms with van der Waals surface area (Å²) in [5.74, 6) is -1.52. The average Bonchev–Trinajstić information content (AvgIpc) is 3.17. The Morgan fingerprint density at radius 1 is 1.23 bits per heavy atom. The van der Waals surface area contributed by atoms with E-state index in [-0.39, 0.29) is 18.8 Å². The smallest absolute Gasteiger partial charge is 0.224 e. The number of aliphatic hydroxyl groups excluding tert-OH is 2. The van der Waals surface area contributed by atoms with Crippen LogP contribution in [-0.4, -0.2) is 39.2 Å². The molecule has 1 aromatic rings. The number of thiazole rings is 1. The molecule has 2 rings (SSSR count). The highest BCUT2D eigenvalue weighted by molar-refractivity contribution is 7.09. The van der Waals surface area contributed by atoms with Gasteiger partial charge in [0, 0.05) is 30.3 Å². The van der Waals surface area contributed by atoms with Crippen LogP contribution in [0.15, 0.2) is 11.6 Å². The standard InChI is InChI=1S/C22H37N3O4S/c1-14(2)10-17(26)20(28)16(11-15-6-4-3-5-7-15)22(21(24)29,12-18(23)27)13-19-25-8-9-30-19/h8-9,14-17,20,26,28H,3-7,10-13H2,1-2H3,(H2,23,27)(H2,24,29)/t16-,17+,20-,22+/m1/s1. The molecule has 1 aromatic heterocycles. The number of nitrogens with zero attached hydrogens (tertiary/aromatic N) is 1. The normalized spacial score (nSPS) is 20.4. The summed E-state index contributed by atoms with van der Waals surface area (Å²) in [5, 5.41) is 24.5. The number of aromatic nitrogens is 1. The number of carbonyl (C=O) groups is 2. The first kappa shape index (κ1) is 24.8. The molecule has 0 bridgehead atoms. The van der Waals surface area contributed by atoms with E-state index < -0.39 is 35.4 Å². The van der Waals surface area contributed by atoms with Gasteiger partial charge in [-0.15, -0.1) is 11.3 Å². The number of aliphatic hydroxyl groups is 2. The topological polar surface area (TPSA) is 140 Å². The van der Waals surface area contributed by atoms with E-state index >= 15 is 0 Å². The van der Waals surface area contributed by atoms with Crippen LogP contribution < -0.4 is 11.5 Å². The molecule has 0 aromatic carbocycles. The molecule has 1 saturated carbocycles. The molecule has 1 aliphatic carbocycles. The van der Waals surface area contributed by atoms with Crippen LogP contribution in [0.2, 0.25) is 0 Å². The van der Waals surface area contributed by atoms with Crippen LogP contribution in [0.4, 0.5) is 0 Å². The Morgan fingerprint density at radius 3 is 2.40 bits per heavy atom. The zero-order valence-electron chi connectivity index (χ0n) is 18.1. The summed E-state index contributed by atoms with van der Waals surface area (Å²) in [7, 11) is 0. The molecular formula is C22H37N3O4S. The molecule has 0 unspecified atom stereocenters. The predicted octanol–water partition coefficient (Wildman–Crippen LogP) is 2.39. The lowest BCUT2D eigenvalue weighted by molar-refractivity contribution is -0.145. The first-order valence-electron chi connectivity index (χ1n) is 11.0. The van der Waals surface area contributed by atoms with Gasteiger partial charge in [0.05, 0.1) is 22.6 Å². The van der Waals surface area contributed by atoms with Gasteiger partial charge in [0.25, 0.3) is 0 Å².